The maximum atomic E-state index is 5.79. The van der Waals surface area contributed by atoms with E-state index in [1.54, 1.807) is 0 Å². The summed E-state index contributed by atoms with van der Waals surface area (Å²) in [7, 11) is 2.10. The molecule has 0 aromatic carbocycles. The molecule has 1 atom stereocenters. The summed E-state index contributed by atoms with van der Waals surface area (Å²) in [5.41, 5.74) is 9.54. The maximum absolute atomic E-state index is 5.79. The molecule has 0 aliphatic carbocycles. The van der Waals surface area contributed by atoms with E-state index in [-0.39, 0.29) is 6.04 Å². The fraction of sp³-hybridized carbons (Fsp3) is 0.750. The second kappa shape index (κ2) is 5.46. The van der Waals surface area contributed by atoms with Crippen molar-refractivity contribution >= 4 is 0 Å². The highest BCUT2D eigenvalue weighted by Crippen LogP contribution is 2.14. The zero-order valence-corrected chi connectivity index (χ0v) is 11.1. The lowest BCUT2D eigenvalue weighted by molar-refractivity contribution is 0.308. The van der Waals surface area contributed by atoms with Gasteiger partial charge in [0.1, 0.15) is 0 Å². The van der Waals surface area contributed by atoms with Gasteiger partial charge in [-0.25, -0.2) is 0 Å². The monoisotopic (exact) mass is 224 g/mol. The van der Waals surface area contributed by atoms with Crippen molar-refractivity contribution in [3.05, 3.63) is 17.0 Å². The van der Waals surface area contributed by atoms with Crippen molar-refractivity contribution in [3.8, 4) is 0 Å². The predicted octanol–water partition coefficient (Wildman–Crippen LogP) is 1.30. The zero-order valence-electron chi connectivity index (χ0n) is 11.1. The minimum Gasteiger partial charge on any atom is -0.327 e. The van der Waals surface area contributed by atoms with Crippen LogP contribution in [0, 0.1) is 13.8 Å². The molecule has 0 amide bonds. The Hall–Kier alpha value is -0.870. The number of aryl methyl sites for hydroxylation is 2. The molecule has 0 spiro atoms. The van der Waals surface area contributed by atoms with Crippen LogP contribution in [0.4, 0.5) is 0 Å². The third kappa shape index (κ3) is 3.06. The molecule has 1 heterocycles. The standard InChI is InChI=1S/C12H24N4/c1-6-16-11(4)12(10(3)14-16)8-15(5)7-9(2)13/h9H,6-8,13H2,1-5H3. The van der Waals surface area contributed by atoms with E-state index in [1.165, 1.54) is 11.3 Å². The molecule has 0 aliphatic rings. The predicted molar refractivity (Wildman–Crippen MR) is 67.4 cm³/mol. The van der Waals surface area contributed by atoms with Crippen molar-refractivity contribution in [2.45, 2.75) is 46.8 Å². The molecule has 0 radical (unpaired) electrons. The molecular formula is C12H24N4. The van der Waals surface area contributed by atoms with Gasteiger partial charge in [-0.05, 0) is 34.7 Å². The molecule has 1 unspecified atom stereocenters. The van der Waals surface area contributed by atoms with Gasteiger partial charge >= 0.3 is 0 Å². The molecule has 92 valence electrons. The SMILES string of the molecule is CCn1nc(C)c(CN(C)CC(C)N)c1C. The highest BCUT2D eigenvalue weighted by molar-refractivity contribution is 5.24. The average molecular weight is 224 g/mol. The van der Waals surface area contributed by atoms with Crippen LogP contribution in [0.15, 0.2) is 0 Å². The lowest BCUT2D eigenvalue weighted by atomic mass is 10.2. The van der Waals surface area contributed by atoms with E-state index in [2.05, 4.69) is 42.5 Å². The van der Waals surface area contributed by atoms with Crippen LogP contribution in [-0.2, 0) is 13.1 Å². The first-order chi connectivity index (χ1) is 7.45. The molecule has 0 fully saturated rings. The van der Waals surface area contributed by atoms with Gasteiger partial charge in [0.25, 0.3) is 0 Å². The van der Waals surface area contributed by atoms with E-state index in [0.717, 1.165) is 25.3 Å². The number of nitrogens with two attached hydrogens (primary N) is 1. The Labute approximate surface area is 98.4 Å². The third-order valence-corrected chi connectivity index (χ3v) is 2.86. The highest BCUT2D eigenvalue weighted by Gasteiger charge is 2.12. The van der Waals surface area contributed by atoms with Crippen molar-refractivity contribution in [3.63, 3.8) is 0 Å². The number of hydrogen-bond donors (Lipinski definition) is 1. The van der Waals surface area contributed by atoms with E-state index >= 15 is 0 Å². The van der Waals surface area contributed by atoms with Crippen molar-refractivity contribution in [2.24, 2.45) is 5.73 Å². The second-order valence-electron chi connectivity index (χ2n) is 4.64. The Bertz CT molecular complexity index is 341. The van der Waals surface area contributed by atoms with Crippen LogP contribution in [0.3, 0.4) is 0 Å². The molecular weight excluding hydrogens is 200 g/mol. The summed E-state index contributed by atoms with van der Waals surface area (Å²) in [6, 6.07) is 0.215. The molecule has 4 nitrogen and oxygen atoms in total. The first-order valence-corrected chi connectivity index (χ1v) is 5.92. The van der Waals surface area contributed by atoms with Gasteiger partial charge in [-0.15, -0.1) is 0 Å². The molecule has 16 heavy (non-hydrogen) atoms. The smallest absolute Gasteiger partial charge is 0.0641 e. The van der Waals surface area contributed by atoms with Crippen LogP contribution >= 0.6 is 0 Å². The van der Waals surface area contributed by atoms with Gasteiger partial charge in [0.15, 0.2) is 0 Å². The zero-order chi connectivity index (χ0) is 12.3. The fourth-order valence-corrected chi connectivity index (χ4v) is 2.10. The second-order valence-corrected chi connectivity index (χ2v) is 4.64. The number of likely N-dealkylation sites (N-methyl/N-ethyl adjacent to an activating group) is 1. The van der Waals surface area contributed by atoms with Gasteiger partial charge in [0, 0.05) is 36.9 Å². The Morgan fingerprint density at radius 2 is 2.06 bits per heavy atom. The normalized spacial score (nSPS) is 13.4. The van der Waals surface area contributed by atoms with Crippen LogP contribution in [0.1, 0.15) is 30.8 Å². The van der Waals surface area contributed by atoms with Gasteiger partial charge in [0.05, 0.1) is 5.69 Å². The Kier molecular flexibility index (Phi) is 4.50. The highest BCUT2D eigenvalue weighted by atomic mass is 15.3. The number of nitrogens with zero attached hydrogens (tertiary/aromatic N) is 3. The van der Waals surface area contributed by atoms with Crippen LogP contribution in [0.5, 0.6) is 0 Å². The lowest BCUT2D eigenvalue weighted by Crippen LogP contribution is -2.32. The van der Waals surface area contributed by atoms with Gasteiger partial charge in [-0.2, -0.15) is 5.10 Å². The first-order valence-electron chi connectivity index (χ1n) is 5.92. The summed E-state index contributed by atoms with van der Waals surface area (Å²) in [4.78, 5) is 2.25. The average Bonchev–Trinajstić information content (AvgIpc) is 2.44. The number of rotatable bonds is 5. The summed E-state index contributed by atoms with van der Waals surface area (Å²) >= 11 is 0. The van der Waals surface area contributed by atoms with E-state index in [0.29, 0.717) is 0 Å². The van der Waals surface area contributed by atoms with E-state index in [4.69, 9.17) is 5.73 Å². The number of aromatic nitrogens is 2. The Morgan fingerprint density at radius 1 is 1.44 bits per heavy atom. The van der Waals surface area contributed by atoms with Crippen LogP contribution in [-0.4, -0.2) is 34.3 Å². The molecule has 4 heteroatoms. The Balaban J connectivity index is 2.76. The quantitative estimate of drug-likeness (QED) is 0.820. The van der Waals surface area contributed by atoms with E-state index < -0.39 is 0 Å². The van der Waals surface area contributed by atoms with Gasteiger partial charge in [-0.1, -0.05) is 0 Å². The minimum atomic E-state index is 0.215. The van der Waals surface area contributed by atoms with E-state index in [1.807, 2.05) is 6.92 Å². The van der Waals surface area contributed by atoms with Crippen molar-refractivity contribution in [1.82, 2.24) is 14.7 Å². The summed E-state index contributed by atoms with van der Waals surface area (Å²) in [5.74, 6) is 0. The van der Waals surface area contributed by atoms with Crippen molar-refractivity contribution in [2.75, 3.05) is 13.6 Å². The molecule has 1 aromatic heterocycles. The van der Waals surface area contributed by atoms with Crippen LogP contribution in [0.25, 0.3) is 0 Å². The molecule has 2 N–H and O–H groups in total. The molecule has 0 saturated carbocycles. The van der Waals surface area contributed by atoms with Crippen molar-refractivity contribution < 1.29 is 0 Å². The van der Waals surface area contributed by atoms with Crippen LogP contribution in [0.2, 0.25) is 0 Å². The van der Waals surface area contributed by atoms with Gasteiger partial charge in [0.2, 0.25) is 0 Å². The topological polar surface area (TPSA) is 47.1 Å². The molecule has 1 aromatic rings. The molecule has 0 aliphatic heterocycles. The molecule has 0 saturated heterocycles. The fourth-order valence-electron chi connectivity index (χ4n) is 2.10. The first kappa shape index (κ1) is 13.2. The molecule has 0 bridgehead atoms. The summed E-state index contributed by atoms with van der Waals surface area (Å²) < 4.78 is 2.06. The van der Waals surface area contributed by atoms with Crippen molar-refractivity contribution in [1.29, 1.82) is 0 Å². The van der Waals surface area contributed by atoms with Crippen LogP contribution < -0.4 is 5.73 Å². The van der Waals surface area contributed by atoms with Gasteiger partial charge < -0.3 is 10.6 Å². The van der Waals surface area contributed by atoms with Gasteiger partial charge in [-0.3, -0.25) is 4.68 Å². The number of hydrogen-bond acceptors (Lipinski definition) is 3. The Morgan fingerprint density at radius 3 is 2.50 bits per heavy atom. The minimum absolute atomic E-state index is 0.215. The molecule has 1 rings (SSSR count). The third-order valence-electron chi connectivity index (χ3n) is 2.86. The maximum Gasteiger partial charge on any atom is 0.0641 e. The van der Waals surface area contributed by atoms with E-state index in [9.17, 15) is 0 Å². The summed E-state index contributed by atoms with van der Waals surface area (Å²) in [6.45, 7) is 11.1. The summed E-state index contributed by atoms with van der Waals surface area (Å²) in [5, 5.41) is 4.52. The lowest BCUT2D eigenvalue weighted by Gasteiger charge is -2.19. The summed E-state index contributed by atoms with van der Waals surface area (Å²) in [6.07, 6.45) is 0. The largest absolute Gasteiger partial charge is 0.327 e.